The van der Waals surface area contributed by atoms with Gasteiger partial charge in [-0.1, -0.05) is 0 Å². The lowest BCUT2D eigenvalue weighted by molar-refractivity contribution is 0.599. The monoisotopic (exact) mass is 349 g/mol. The average molecular weight is 350 g/mol. The molecule has 1 aromatic rings. The number of nitrogens with one attached hydrogen (secondary N) is 1. The summed E-state index contributed by atoms with van der Waals surface area (Å²) in [5.74, 6) is 0.415. The number of hydrogen-bond acceptors (Lipinski definition) is 4. The fourth-order valence-electron chi connectivity index (χ4n) is 2.24. The molecular weight excluding hydrogens is 334 g/mol. The summed E-state index contributed by atoms with van der Waals surface area (Å²) in [6.07, 6.45) is 4.23. The predicted molar refractivity (Wildman–Crippen MR) is 79.3 cm³/mol. The molecule has 0 aliphatic carbocycles. The molecule has 1 aliphatic rings. The van der Waals surface area contributed by atoms with Crippen LogP contribution in [0.15, 0.2) is 26.4 Å². The van der Waals surface area contributed by atoms with Crippen LogP contribution in [-0.4, -0.2) is 34.0 Å². The highest BCUT2D eigenvalue weighted by Gasteiger charge is 2.22. The van der Waals surface area contributed by atoms with Gasteiger partial charge in [0.25, 0.3) is 0 Å². The second-order valence-corrected chi connectivity index (χ2v) is 8.15. The van der Waals surface area contributed by atoms with Crippen LogP contribution in [0.1, 0.15) is 17.9 Å². The maximum atomic E-state index is 11.9. The Bertz CT molecular complexity index is 551. The summed E-state index contributed by atoms with van der Waals surface area (Å²) in [6.45, 7) is 1.93. The molecule has 100 valence electrons. The molecule has 1 atom stereocenters. The van der Waals surface area contributed by atoms with Gasteiger partial charge in [-0.15, -0.1) is 11.8 Å². The molecule has 0 radical (unpaired) electrons. The molecule has 1 N–H and O–H groups in total. The van der Waals surface area contributed by atoms with Gasteiger partial charge in [0.2, 0.25) is 0 Å². The van der Waals surface area contributed by atoms with Crippen molar-refractivity contribution in [2.75, 3.05) is 25.6 Å². The lowest BCUT2D eigenvalue weighted by atomic mass is 9.99. The molecule has 6 heteroatoms. The minimum atomic E-state index is -3.19. The van der Waals surface area contributed by atoms with Gasteiger partial charge in [0, 0.05) is 22.2 Å². The number of thioether (sulfide) groups is 1. The molecule has 1 saturated heterocycles. The first-order chi connectivity index (χ1) is 8.43. The summed E-state index contributed by atoms with van der Waals surface area (Å²) in [5, 5.41) is 3.31. The van der Waals surface area contributed by atoms with Gasteiger partial charge in [-0.3, -0.25) is 0 Å². The third-order valence-electron chi connectivity index (χ3n) is 3.17. The molecule has 0 amide bonds. The summed E-state index contributed by atoms with van der Waals surface area (Å²) < 4.78 is 24.6. The minimum absolute atomic E-state index is 0.415. The molecule has 0 bridgehead atoms. The van der Waals surface area contributed by atoms with Gasteiger partial charge >= 0.3 is 0 Å². The number of sulfone groups is 1. The molecule has 0 aromatic heterocycles. The Morgan fingerprint density at radius 2 is 2.17 bits per heavy atom. The molecule has 0 saturated carbocycles. The number of hydrogen-bond donors (Lipinski definition) is 1. The normalized spacial score (nSPS) is 20.3. The number of halogens is 1. The van der Waals surface area contributed by atoms with Crippen molar-refractivity contribution < 1.29 is 8.42 Å². The van der Waals surface area contributed by atoms with Crippen molar-refractivity contribution in [1.29, 1.82) is 0 Å². The van der Waals surface area contributed by atoms with Crippen LogP contribution in [0.2, 0.25) is 0 Å². The molecule has 2 rings (SSSR count). The van der Waals surface area contributed by atoms with Crippen molar-refractivity contribution >= 4 is 37.5 Å². The van der Waals surface area contributed by atoms with Gasteiger partial charge in [0.15, 0.2) is 9.84 Å². The topological polar surface area (TPSA) is 46.2 Å². The summed E-state index contributed by atoms with van der Waals surface area (Å²) in [7, 11) is -3.19. The van der Waals surface area contributed by atoms with Crippen molar-refractivity contribution in [3.63, 3.8) is 0 Å². The molecule has 1 aliphatic heterocycles. The van der Waals surface area contributed by atoms with Crippen LogP contribution < -0.4 is 5.32 Å². The van der Waals surface area contributed by atoms with E-state index in [-0.39, 0.29) is 0 Å². The molecule has 1 aromatic carbocycles. The van der Waals surface area contributed by atoms with E-state index in [2.05, 4.69) is 27.3 Å². The molecule has 3 nitrogen and oxygen atoms in total. The quantitative estimate of drug-likeness (QED) is 0.852. The van der Waals surface area contributed by atoms with Gasteiger partial charge in [-0.2, -0.15) is 0 Å². The molecule has 1 unspecified atom stereocenters. The number of rotatable bonds is 3. The van der Waals surface area contributed by atoms with Crippen LogP contribution in [0.25, 0.3) is 0 Å². The maximum Gasteiger partial charge on any atom is 0.176 e. The highest BCUT2D eigenvalue weighted by atomic mass is 79.9. The first kappa shape index (κ1) is 14.4. The largest absolute Gasteiger partial charge is 0.316 e. The van der Waals surface area contributed by atoms with Crippen LogP contribution in [0.5, 0.6) is 0 Å². The third kappa shape index (κ3) is 2.92. The Morgan fingerprint density at radius 1 is 1.44 bits per heavy atom. The first-order valence-corrected chi connectivity index (χ1v) is 9.62. The Kier molecular flexibility index (Phi) is 4.41. The van der Waals surface area contributed by atoms with Crippen LogP contribution in [-0.2, 0) is 9.84 Å². The zero-order chi connectivity index (χ0) is 13.3. The standard InChI is InChI=1S/C12H16BrNO2S2/c1-17-12-10(13)5-9(8-3-4-14-7-8)6-11(12)18(2,15)16/h5-6,8,14H,3-4,7H2,1-2H3. The summed E-state index contributed by atoms with van der Waals surface area (Å²) in [4.78, 5) is 1.23. The molecule has 0 spiro atoms. The van der Waals surface area contributed by atoms with Gasteiger partial charge in [0.1, 0.15) is 0 Å². The lowest BCUT2D eigenvalue weighted by Gasteiger charge is -2.14. The zero-order valence-corrected chi connectivity index (χ0v) is 13.6. The Hall–Kier alpha value is -0.0400. The SMILES string of the molecule is CSc1c(Br)cc(C2CCNC2)cc1S(C)(=O)=O. The molecule has 18 heavy (non-hydrogen) atoms. The second-order valence-electron chi connectivity index (χ2n) is 4.50. The molecule has 1 heterocycles. The Morgan fingerprint density at radius 3 is 2.67 bits per heavy atom. The average Bonchev–Trinajstić information content (AvgIpc) is 2.80. The maximum absolute atomic E-state index is 11.9. The minimum Gasteiger partial charge on any atom is -0.316 e. The van der Waals surface area contributed by atoms with E-state index in [4.69, 9.17) is 0 Å². The molecule has 1 fully saturated rings. The van der Waals surface area contributed by atoms with Crippen LogP contribution >= 0.6 is 27.7 Å². The zero-order valence-electron chi connectivity index (χ0n) is 10.4. The summed E-state index contributed by atoms with van der Waals surface area (Å²) in [6, 6.07) is 3.89. The smallest absolute Gasteiger partial charge is 0.176 e. The highest BCUT2D eigenvalue weighted by molar-refractivity contribution is 9.10. The second kappa shape index (κ2) is 5.53. The van der Waals surface area contributed by atoms with Crippen LogP contribution in [0.3, 0.4) is 0 Å². The van der Waals surface area contributed by atoms with Crippen molar-refractivity contribution in [2.24, 2.45) is 0 Å². The third-order valence-corrected chi connectivity index (χ3v) is 6.15. The van der Waals surface area contributed by atoms with E-state index in [1.165, 1.54) is 18.0 Å². The van der Waals surface area contributed by atoms with E-state index in [0.29, 0.717) is 10.8 Å². The van der Waals surface area contributed by atoms with Crippen molar-refractivity contribution in [1.82, 2.24) is 5.32 Å². The summed E-state index contributed by atoms with van der Waals surface area (Å²) in [5.41, 5.74) is 1.10. The molecular formula is C12H16BrNO2S2. The van der Waals surface area contributed by atoms with E-state index in [1.54, 1.807) is 0 Å². The van der Waals surface area contributed by atoms with Gasteiger partial charge < -0.3 is 5.32 Å². The van der Waals surface area contributed by atoms with E-state index >= 15 is 0 Å². The van der Waals surface area contributed by atoms with Crippen molar-refractivity contribution in [3.8, 4) is 0 Å². The van der Waals surface area contributed by atoms with Crippen molar-refractivity contribution in [2.45, 2.75) is 22.1 Å². The van der Waals surface area contributed by atoms with Gasteiger partial charge in [-0.25, -0.2) is 8.42 Å². The van der Waals surface area contributed by atoms with Crippen LogP contribution in [0, 0.1) is 0 Å². The fourth-order valence-corrected chi connectivity index (χ4v) is 5.35. The fraction of sp³-hybridized carbons (Fsp3) is 0.500. The lowest BCUT2D eigenvalue weighted by Crippen LogP contribution is -2.09. The summed E-state index contributed by atoms with van der Waals surface area (Å²) >= 11 is 4.95. The van der Waals surface area contributed by atoms with E-state index in [0.717, 1.165) is 34.4 Å². The van der Waals surface area contributed by atoms with Crippen LogP contribution in [0.4, 0.5) is 0 Å². The van der Waals surface area contributed by atoms with E-state index in [9.17, 15) is 8.42 Å². The van der Waals surface area contributed by atoms with Gasteiger partial charge in [-0.05, 0) is 58.8 Å². The highest BCUT2D eigenvalue weighted by Crippen LogP contribution is 2.36. The van der Waals surface area contributed by atoms with Gasteiger partial charge in [0.05, 0.1) is 4.90 Å². The Balaban J connectivity index is 2.55. The van der Waals surface area contributed by atoms with E-state index < -0.39 is 9.84 Å². The Labute approximate surface area is 121 Å². The van der Waals surface area contributed by atoms with E-state index in [1.807, 2.05) is 12.3 Å². The van der Waals surface area contributed by atoms with Crippen molar-refractivity contribution in [3.05, 3.63) is 22.2 Å². The predicted octanol–water partition coefficient (Wildman–Crippen LogP) is 2.65. The number of benzene rings is 1. The first-order valence-electron chi connectivity index (χ1n) is 5.71.